The highest BCUT2D eigenvalue weighted by molar-refractivity contribution is 9.10. The highest BCUT2D eigenvalue weighted by Crippen LogP contribution is 2.33. The normalized spacial score (nSPS) is 11.0. The van der Waals surface area contributed by atoms with Gasteiger partial charge in [-0.25, -0.2) is 0 Å². The zero-order valence-corrected chi connectivity index (χ0v) is 19.4. The Kier molecular flexibility index (Phi) is 7.51. The van der Waals surface area contributed by atoms with E-state index in [2.05, 4.69) is 21.2 Å². The number of nitrogens with zero attached hydrogens (tertiary/aromatic N) is 1. The molecule has 4 nitrogen and oxygen atoms in total. The Hall–Kier alpha value is -3.07. The molecule has 31 heavy (non-hydrogen) atoms. The first-order valence-corrected chi connectivity index (χ1v) is 10.7. The average Bonchev–Trinajstić information content (AvgIpc) is 2.76. The quantitative estimate of drug-likeness (QED) is 0.311. The van der Waals surface area contributed by atoms with Gasteiger partial charge in [0.15, 0.2) is 0 Å². The van der Waals surface area contributed by atoms with Gasteiger partial charge in [-0.15, -0.1) is 0 Å². The van der Waals surface area contributed by atoms with Gasteiger partial charge < -0.3 is 10.1 Å². The smallest absolute Gasteiger partial charge is 0.266 e. The number of carbonyl (C=O) groups excluding carboxylic acids is 1. The summed E-state index contributed by atoms with van der Waals surface area (Å²) in [4.78, 5) is 12.6. The number of nitriles is 1. The van der Waals surface area contributed by atoms with Crippen LogP contribution in [0.4, 0.5) is 5.69 Å². The van der Waals surface area contributed by atoms with E-state index in [-0.39, 0.29) is 5.57 Å². The molecule has 0 aliphatic heterocycles. The predicted molar refractivity (Wildman–Crippen MR) is 128 cm³/mol. The summed E-state index contributed by atoms with van der Waals surface area (Å²) in [5.41, 5.74) is 4.15. The molecule has 0 radical (unpaired) electrons. The minimum atomic E-state index is -0.466. The fourth-order valence-corrected chi connectivity index (χ4v) is 3.92. The molecule has 6 heteroatoms. The van der Waals surface area contributed by atoms with Crippen LogP contribution in [0.5, 0.6) is 5.75 Å². The summed E-state index contributed by atoms with van der Waals surface area (Å²) >= 11 is 9.90. The molecule has 0 unspecified atom stereocenters. The molecule has 0 bridgehead atoms. The Labute approximate surface area is 195 Å². The van der Waals surface area contributed by atoms with Crippen LogP contribution in [0.15, 0.2) is 70.7 Å². The van der Waals surface area contributed by atoms with Crippen molar-refractivity contribution in [1.29, 1.82) is 5.26 Å². The maximum absolute atomic E-state index is 12.6. The number of amides is 1. The van der Waals surface area contributed by atoms with Gasteiger partial charge in [-0.3, -0.25) is 4.79 Å². The first-order chi connectivity index (χ1) is 14.9. The second-order valence-electron chi connectivity index (χ2n) is 6.89. The first-order valence-electron chi connectivity index (χ1n) is 9.51. The van der Waals surface area contributed by atoms with Gasteiger partial charge in [-0.05, 0) is 54.0 Å². The number of carbonyl (C=O) groups is 1. The van der Waals surface area contributed by atoms with E-state index < -0.39 is 5.91 Å². The molecule has 3 rings (SSSR count). The molecule has 0 saturated heterocycles. The number of hydrogen-bond acceptors (Lipinski definition) is 3. The van der Waals surface area contributed by atoms with E-state index in [4.69, 9.17) is 16.3 Å². The molecule has 0 fully saturated rings. The van der Waals surface area contributed by atoms with Crippen LogP contribution in [0, 0.1) is 18.3 Å². The van der Waals surface area contributed by atoms with Gasteiger partial charge in [-0.2, -0.15) is 5.26 Å². The van der Waals surface area contributed by atoms with Crippen molar-refractivity contribution in [3.05, 3.63) is 98.0 Å². The molecule has 1 N–H and O–H groups in total. The van der Waals surface area contributed by atoms with Crippen molar-refractivity contribution in [2.24, 2.45) is 0 Å². The Morgan fingerprint density at radius 3 is 2.58 bits per heavy atom. The van der Waals surface area contributed by atoms with Crippen molar-refractivity contribution < 1.29 is 9.53 Å². The number of rotatable bonds is 6. The number of ether oxygens (including phenoxy) is 1. The minimum absolute atomic E-state index is 0.00365. The molecule has 156 valence electrons. The van der Waals surface area contributed by atoms with Crippen LogP contribution in [-0.4, -0.2) is 13.0 Å². The van der Waals surface area contributed by atoms with Crippen molar-refractivity contribution in [2.45, 2.75) is 13.3 Å². The maximum Gasteiger partial charge on any atom is 0.266 e. The minimum Gasteiger partial charge on any atom is -0.496 e. The Bertz CT molecular complexity index is 1200. The second-order valence-corrected chi connectivity index (χ2v) is 8.15. The zero-order valence-electron chi connectivity index (χ0n) is 17.1. The zero-order chi connectivity index (χ0) is 22.4. The summed E-state index contributed by atoms with van der Waals surface area (Å²) in [5.74, 6) is 0.171. The average molecular weight is 496 g/mol. The third-order valence-corrected chi connectivity index (χ3v) is 5.87. The van der Waals surface area contributed by atoms with Crippen molar-refractivity contribution in [1.82, 2.24) is 0 Å². The van der Waals surface area contributed by atoms with E-state index in [0.29, 0.717) is 28.4 Å². The number of hydrogen-bond donors (Lipinski definition) is 1. The SMILES string of the molecule is COc1cc(/C=C(\C#N)C(=O)Nc2ccccc2C)cc(Br)c1Cc1ccccc1Cl. The second kappa shape index (κ2) is 10.3. The lowest BCUT2D eigenvalue weighted by molar-refractivity contribution is -0.112. The van der Waals surface area contributed by atoms with E-state index in [1.54, 1.807) is 25.3 Å². The van der Waals surface area contributed by atoms with Crippen LogP contribution < -0.4 is 10.1 Å². The molecule has 3 aromatic carbocycles. The number of methoxy groups -OCH3 is 1. The van der Waals surface area contributed by atoms with Crippen LogP contribution in [0.1, 0.15) is 22.3 Å². The number of nitrogens with one attached hydrogen (secondary N) is 1. The van der Waals surface area contributed by atoms with E-state index in [1.807, 2.05) is 61.5 Å². The number of aryl methyl sites for hydroxylation is 1. The number of anilines is 1. The summed E-state index contributed by atoms with van der Waals surface area (Å²) in [6, 6.07) is 20.7. The summed E-state index contributed by atoms with van der Waals surface area (Å²) in [6.07, 6.45) is 2.12. The highest BCUT2D eigenvalue weighted by atomic mass is 79.9. The largest absolute Gasteiger partial charge is 0.496 e. The number of halogens is 2. The van der Waals surface area contributed by atoms with E-state index in [0.717, 1.165) is 21.2 Å². The van der Waals surface area contributed by atoms with E-state index in [9.17, 15) is 10.1 Å². The molecule has 1 amide bonds. The van der Waals surface area contributed by atoms with Crippen molar-refractivity contribution in [3.8, 4) is 11.8 Å². The van der Waals surface area contributed by atoms with E-state index >= 15 is 0 Å². The van der Waals surface area contributed by atoms with Crippen LogP contribution in [0.3, 0.4) is 0 Å². The predicted octanol–water partition coefficient (Wildman–Crippen LogP) is 6.56. The molecule has 0 spiro atoms. The molecule has 0 saturated carbocycles. The molecule has 0 aliphatic rings. The van der Waals surface area contributed by atoms with Crippen LogP contribution in [-0.2, 0) is 11.2 Å². The van der Waals surface area contributed by atoms with Crippen LogP contribution in [0.25, 0.3) is 6.08 Å². The van der Waals surface area contributed by atoms with Gasteiger partial charge in [0.25, 0.3) is 5.91 Å². The third-order valence-electron chi connectivity index (χ3n) is 4.79. The molecule has 0 heterocycles. The van der Waals surface area contributed by atoms with Crippen molar-refractivity contribution in [2.75, 3.05) is 12.4 Å². The lowest BCUT2D eigenvalue weighted by atomic mass is 10.0. The van der Waals surface area contributed by atoms with Crippen molar-refractivity contribution >= 4 is 45.2 Å². The highest BCUT2D eigenvalue weighted by Gasteiger charge is 2.15. The first kappa shape index (κ1) is 22.6. The van der Waals surface area contributed by atoms with Gasteiger partial charge in [0.1, 0.15) is 17.4 Å². The molecule has 0 aliphatic carbocycles. The molecular formula is C25H20BrClN2O2. The van der Waals surface area contributed by atoms with Gasteiger partial charge >= 0.3 is 0 Å². The van der Waals surface area contributed by atoms with Gasteiger partial charge in [0, 0.05) is 27.2 Å². The van der Waals surface area contributed by atoms with Crippen LogP contribution in [0.2, 0.25) is 5.02 Å². The van der Waals surface area contributed by atoms with Crippen LogP contribution >= 0.6 is 27.5 Å². The van der Waals surface area contributed by atoms with Gasteiger partial charge in [-0.1, -0.05) is 63.9 Å². The topological polar surface area (TPSA) is 62.1 Å². The molecular weight excluding hydrogens is 476 g/mol. The fourth-order valence-electron chi connectivity index (χ4n) is 3.12. The number of benzene rings is 3. The molecule has 3 aromatic rings. The van der Waals surface area contributed by atoms with Crippen molar-refractivity contribution in [3.63, 3.8) is 0 Å². The van der Waals surface area contributed by atoms with E-state index in [1.165, 1.54) is 0 Å². The summed E-state index contributed by atoms with van der Waals surface area (Å²) < 4.78 is 6.38. The summed E-state index contributed by atoms with van der Waals surface area (Å²) in [5, 5.41) is 13.0. The fraction of sp³-hybridized carbons (Fsp3) is 0.120. The Balaban J connectivity index is 1.91. The maximum atomic E-state index is 12.6. The molecule has 0 aromatic heterocycles. The molecule has 0 atom stereocenters. The third kappa shape index (κ3) is 5.55. The monoisotopic (exact) mass is 494 g/mol. The standard InChI is InChI=1S/C25H20BrClN2O2/c1-16-7-3-6-10-23(16)29-25(30)19(15-28)11-17-12-21(26)20(24(13-17)31-2)14-18-8-4-5-9-22(18)27/h3-13H,14H2,1-2H3,(H,29,30)/b19-11+. The Morgan fingerprint density at radius 2 is 1.90 bits per heavy atom. The van der Waals surface area contributed by atoms with Gasteiger partial charge in [0.2, 0.25) is 0 Å². The summed E-state index contributed by atoms with van der Waals surface area (Å²) in [7, 11) is 1.58. The number of para-hydroxylation sites is 1. The lowest BCUT2D eigenvalue weighted by Gasteiger charge is -2.13. The Morgan fingerprint density at radius 1 is 1.19 bits per heavy atom. The van der Waals surface area contributed by atoms with Gasteiger partial charge in [0.05, 0.1) is 7.11 Å². The lowest BCUT2D eigenvalue weighted by Crippen LogP contribution is -2.14. The summed E-state index contributed by atoms with van der Waals surface area (Å²) in [6.45, 7) is 1.89.